The quantitative estimate of drug-likeness (QED) is 0.594. The first kappa shape index (κ1) is 7.70. The molecule has 5 heteroatoms. The topological polar surface area (TPSA) is 60.0 Å². The van der Waals surface area contributed by atoms with Crippen LogP contribution in [-0.2, 0) is 19.6 Å². The van der Waals surface area contributed by atoms with Crippen LogP contribution in [0.3, 0.4) is 0 Å². The number of fused-ring (bicyclic) bond motifs is 1. The van der Waals surface area contributed by atoms with Crippen LogP contribution in [0.5, 0.6) is 0 Å². The third-order valence-corrected chi connectivity index (χ3v) is 2.20. The van der Waals surface area contributed by atoms with Gasteiger partial charge < -0.3 is 10.3 Å². The zero-order valence-electron chi connectivity index (χ0n) is 7.19. The van der Waals surface area contributed by atoms with Crippen molar-refractivity contribution in [1.82, 2.24) is 19.7 Å². The normalized spacial score (nSPS) is 17.8. The minimum atomic E-state index is 0.483. The molecule has 12 heavy (non-hydrogen) atoms. The molecule has 0 saturated heterocycles. The first-order valence-corrected chi connectivity index (χ1v) is 4.11. The van der Waals surface area contributed by atoms with E-state index in [1.54, 1.807) is 0 Å². The molecule has 0 atom stereocenters. The van der Waals surface area contributed by atoms with E-state index in [9.17, 15) is 0 Å². The fraction of sp³-hybridized carbons (Fsp3) is 0.714. The van der Waals surface area contributed by atoms with Gasteiger partial charge in [0.15, 0.2) is 0 Å². The summed E-state index contributed by atoms with van der Waals surface area (Å²) in [4.78, 5) is 2.23. The van der Waals surface area contributed by atoms with Gasteiger partial charge in [-0.1, -0.05) is 0 Å². The lowest BCUT2D eigenvalue weighted by atomic mass is 10.4. The number of likely N-dealkylation sites (N-methyl/N-ethyl adjacent to an activating group) is 1. The molecule has 66 valence electrons. The molecule has 0 bridgehead atoms. The highest BCUT2D eigenvalue weighted by molar-refractivity contribution is 4.98. The van der Waals surface area contributed by atoms with Crippen molar-refractivity contribution in [3.63, 3.8) is 0 Å². The molecule has 0 fully saturated rings. The number of hydrogen-bond acceptors (Lipinski definition) is 4. The van der Waals surface area contributed by atoms with Gasteiger partial charge in [-0.15, -0.1) is 10.2 Å². The van der Waals surface area contributed by atoms with Crippen molar-refractivity contribution in [3.8, 4) is 0 Å². The maximum atomic E-state index is 5.52. The van der Waals surface area contributed by atoms with E-state index in [1.807, 2.05) is 0 Å². The Morgan fingerprint density at radius 2 is 2.25 bits per heavy atom. The summed E-state index contributed by atoms with van der Waals surface area (Å²) in [5, 5.41) is 8.08. The van der Waals surface area contributed by atoms with Crippen molar-refractivity contribution in [2.24, 2.45) is 5.73 Å². The van der Waals surface area contributed by atoms with E-state index in [0.29, 0.717) is 6.54 Å². The second-order valence-electron chi connectivity index (χ2n) is 3.13. The fourth-order valence-electron chi connectivity index (χ4n) is 1.49. The molecule has 0 saturated carbocycles. The monoisotopic (exact) mass is 167 g/mol. The highest BCUT2D eigenvalue weighted by Crippen LogP contribution is 2.09. The van der Waals surface area contributed by atoms with E-state index < -0.39 is 0 Å². The van der Waals surface area contributed by atoms with Crippen molar-refractivity contribution in [2.45, 2.75) is 19.6 Å². The van der Waals surface area contributed by atoms with E-state index in [-0.39, 0.29) is 0 Å². The summed E-state index contributed by atoms with van der Waals surface area (Å²) >= 11 is 0. The third-order valence-electron chi connectivity index (χ3n) is 2.20. The van der Waals surface area contributed by atoms with Gasteiger partial charge in [-0.25, -0.2) is 0 Å². The average molecular weight is 167 g/mol. The summed E-state index contributed by atoms with van der Waals surface area (Å²) in [5.74, 6) is 1.93. The molecule has 0 amide bonds. The number of nitrogens with zero attached hydrogens (tertiary/aromatic N) is 4. The number of rotatable bonds is 1. The molecule has 0 spiro atoms. The van der Waals surface area contributed by atoms with Crippen LogP contribution in [0.1, 0.15) is 11.6 Å². The molecule has 1 aromatic heterocycles. The molecule has 0 aliphatic carbocycles. The Balaban J connectivity index is 2.32. The van der Waals surface area contributed by atoms with Crippen molar-refractivity contribution in [2.75, 3.05) is 13.6 Å². The Morgan fingerprint density at radius 3 is 3.00 bits per heavy atom. The average Bonchev–Trinajstić information content (AvgIpc) is 2.46. The SMILES string of the molecule is CN1CCn2c(CN)nnc2C1. The smallest absolute Gasteiger partial charge is 0.147 e. The van der Waals surface area contributed by atoms with Crippen LogP contribution in [0.2, 0.25) is 0 Å². The second-order valence-corrected chi connectivity index (χ2v) is 3.13. The summed E-state index contributed by atoms with van der Waals surface area (Å²) in [6.07, 6.45) is 0. The zero-order valence-corrected chi connectivity index (χ0v) is 7.19. The zero-order chi connectivity index (χ0) is 8.55. The summed E-state index contributed by atoms with van der Waals surface area (Å²) in [5.41, 5.74) is 5.52. The Labute approximate surface area is 71.2 Å². The van der Waals surface area contributed by atoms with Crippen LogP contribution < -0.4 is 5.73 Å². The predicted molar refractivity (Wildman–Crippen MR) is 44.2 cm³/mol. The van der Waals surface area contributed by atoms with E-state index in [4.69, 9.17) is 5.73 Å². The second kappa shape index (κ2) is 2.84. The van der Waals surface area contributed by atoms with E-state index in [1.165, 1.54) is 0 Å². The van der Waals surface area contributed by atoms with Gasteiger partial charge in [0.05, 0.1) is 13.1 Å². The molecule has 1 aliphatic heterocycles. The van der Waals surface area contributed by atoms with E-state index in [2.05, 4.69) is 26.7 Å². The largest absolute Gasteiger partial charge is 0.324 e. The lowest BCUT2D eigenvalue weighted by molar-refractivity contribution is 0.262. The first-order chi connectivity index (χ1) is 5.81. The number of nitrogens with two attached hydrogens (primary N) is 1. The lowest BCUT2D eigenvalue weighted by Gasteiger charge is -2.23. The molecule has 1 aromatic rings. The standard InChI is InChI=1S/C7H13N5/c1-11-2-3-12-6(4-8)9-10-7(12)5-11/h2-5,8H2,1H3. The lowest BCUT2D eigenvalue weighted by Crippen LogP contribution is -2.31. The molecule has 1 aliphatic rings. The highest BCUT2D eigenvalue weighted by atomic mass is 15.3. The van der Waals surface area contributed by atoms with Gasteiger partial charge in [0, 0.05) is 13.1 Å². The summed E-state index contributed by atoms with van der Waals surface area (Å²) in [6.45, 7) is 3.38. The molecule has 2 heterocycles. The van der Waals surface area contributed by atoms with Crippen molar-refractivity contribution in [1.29, 1.82) is 0 Å². The molecular weight excluding hydrogens is 154 g/mol. The van der Waals surface area contributed by atoms with Gasteiger partial charge in [-0.05, 0) is 7.05 Å². The fourth-order valence-corrected chi connectivity index (χ4v) is 1.49. The van der Waals surface area contributed by atoms with E-state index in [0.717, 1.165) is 31.3 Å². The molecule has 5 nitrogen and oxygen atoms in total. The summed E-state index contributed by atoms with van der Waals surface area (Å²) < 4.78 is 2.11. The van der Waals surface area contributed by atoms with Crippen molar-refractivity contribution >= 4 is 0 Å². The Hall–Kier alpha value is -0.940. The summed E-state index contributed by atoms with van der Waals surface area (Å²) in [7, 11) is 2.08. The van der Waals surface area contributed by atoms with E-state index >= 15 is 0 Å². The molecule has 2 N–H and O–H groups in total. The number of hydrogen-bond donors (Lipinski definition) is 1. The minimum absolute atomic E-state index is 0.483. The van der Waals surface area contributed by atoms with Crippen LogP contribution >= 0.6 is 0 Å². The maximum absolute atomic E-state index is 5.52. The van der Waals surface area contributed by atoms with Gasteiger partial charge in [0.25, 0.3) is 0 Å². The number of aromatic nitrogens is 3. The van der Waals surface area contributed by atoms with Crippen LogP contribution in [0.15, 0.2) is 0 Å². The van der Waals surface area contributed by atoms with Crippen LogP contribution in [0, 0.1) is 0 Å². The molecule has 0 radical (unpaired) electrons. The van der Waals surface area contributed by atoms with Gasteiger partial charge in [-0.3, -0.25) is 4.90 Å². The Morgan fingerprint density at radius 1 is 1.42 bits per heavy atom. The van der Waals surface area contributed by atoms with Gasteiger partial charge in [0.2, 0.25) is 0 Å². The van der Waals surface area contributed by atoms with Gasteiger partial charge in [-0.2, -0.15) is 0 Å². The predicted octanol–water partition coefficient (Wildman–Crippen LogP) is -0.818. The summed E-state index contributed by atoms with van der Waals surface area (Å²) in [6, 6.07) is 0. The van der Waals surface area contributed by atoms with Crippen molar-refractivity contribution in [3.05, 3.63) is 11.6 Å². The van der Waals surface area contributed by atoms with Gasteiger partial charge >= 0.3 is 0 Å². The minimum Gasteiger partial charge on any atom is -0.324 e. The Bertz CT molecular complexity index is 279. The van der Waals surface area contributed by atoms with Gasteiger partial charge in [0.1, 0.15) is 11.6 Å². The van der Waals surface area contributed by atoms with Crippen LogP contribution in [0.25, 0.3) is 0 Å². The Kier molecular flexibility index (Phi) is 1.82. The van der Waals surface area contributed by atoms with Crippen molar-refractivity contribution < 1.29 is 0 Å². The maximum Gasteiger partial charge on any atom is 0.147 e. The van der Waals surface area contributed by atoms with Crippen LogP contribution in [-0.4, -0.2) is 33.3 Å². The third kappa shape index (κ3) is 1.11. The molecule has 2 rings (SSSR count). The molecular formula is C7H13N5. The first-order valence-electron chi connectivity index (χ1n) is 4.11. The highest BCUT2D eigenvalue weighted by Gasteiger charge is 2.17. The molecule has 0 aromatic carbocycles. The van der Waals surface area contributed by atoms with Crippen LogP contribution in [0.4, 0.5) is 0 Å². The molecule has 0 unspecified atom stereocenters.